The number of esters is 1. The molecule has 7 rings (SSSR count). The number of methoxy groups -OCH3 is 1. The van der Waals surface area contributed by atoms with E-state index in [1.165, 1.54) is 27.2 Å². The molecule has 64 heavy (non-hydrogen) atoms. The largest absolute Gasteiger partial charge is 0.507 e. The summed E-state index contributed by atoms with van der Waals surface area (Å²) >= 11 is 0. The highest BCUT2D eigenvalue weighted by atomic mass is 16.7. The summed E-state index contributed by atoms with van der Waals surface area (Å²) in [6.45, 7) is 14.6. The van der Waals surface area contributed by atoms with Gasteiger partial charge in [-0.2, -0.15) is 0 Å². The molecular formula is C49H61N3O12. The Morgan fingerprint density at radius 1 is 0.875 bits per heavy atom. The van der Waals surface area contributed by atoms with Gasteiger partial charge in [0.25, 0.3) is 11.7 Å². The summed E-state index contributed by atoms with van der Waals surface area (Å²) in [5, 5.41) is 53.3. The van der Waals surface area contributed by atoms with Crippen LogP contribution >= 0.6 is 0 Å². The van der Waals surface area contributed by atoms with Crippen LogP contribution < -0.4 is 25.0 Å². The Bertz CT molecular complexity index is 2420. The van der Waals surface area contributed by atoms with Crippen molar-refractivity contribution in [3.63, 3.8) is 0 Å². The number of carbonyl (C=O) groups is 3. The number of hydrogen-bond acceptors (Lipinski definition) is 14. The maximum atomic E-state index is 14.8. The van der Waals surface area contributed by atoms with E-state index in [1.807, 2.05) is 18.2 Å². The van der Waals surface area contributed by atoms with Crippen molar-refractivity contribution in [3.05, 3.63) is 65.5 Å². The van der Waals surface area contributed by atoms with E-state index in [0.717, 1.165) is 44.5 Å². The number of carbonyl (C=O) groups excluding carboxylic acids is 3. The topological polar surface area (TPSA) is 206 Å². The van der Waals surface area contributed by atoms with Crippen LogP contribution in [0.1, 0.15) is 90.1 Å². The Morgan fingerprint density at radius 2 is 1.58 bits per heavy atom. The van der Waals surface area contributed by atoms with Gasteiger partial charge >= 0.3 is 11.8 Å². The number of Topliss-reactive ketones (excluding diaryl/α,β-unsaturated/α-hetero) is 1. The van der Waals surface area contributed by atoms with Crippen molar-refractivity contribution in [3.8, 4) is 28.7 Å². The van der Waals surface area contributed by atoms with E-state index in [-0.39, 0.29) is 50.3 Å². The Balaban J connectivity index is 1.39. The molecule has 0 radical (unpaired) electrons. The van der Waals surface area contributed by atoms with E-state index in [9.17, 15) is 34.8 Å². The number of aliphatic hydroxyl groups excluding tert-OH is 2. The Hall–Kier alpha value is -5.77. The third-order valence-corrected chi connectivity index (χ3v) is 13.4. The van der Waals surface area contributed by atoms with Crippen LogP contribution in [0, 0.1) is 30.6 Å². The number of anilines is 4. The van der Waals surface area contributed by atoms with E-state index in [0.29, 0.717) is 11.4 Å². The summed E-state index contributed by atoms with van der Waals surface area (Å²) in [4.78, 5) is 43.5. The number of nitrogens with one attached hydrogen (secondary N) is 2. The monoisotopic (exact) mass is 883 g/mol. The molecule has 15 heteroatoms. The fourth-order valence-electron chi connectivity index (χ4n) is 9.41. The van der Waals surface area contributed by atoms with Gasteiger partial charge in [-0.3, -0.25) is 14.4 Å². The standard InChI is InChI=1S/C49H61N3O12/c1-24-15-14-16-25(2)48(59)51-39-43(57)36-35(38-46(39)63-34-23-31(17-18-32(34)50-38)52-20-12-10-11-13-21-52)37-45(29(6)42(36)56)64-49(8,47(37)58)61-22-19-33(60-9)26(3)44(62-30(7)53)28(5)41(55)27(4)40(24)54/h14-19,22-24,26-28,33,40-41,44,50,54-57H,10-13,20-21H2,1-9H3,(H,51,59)/b15-14+,22-19+,25-16-/t24-,26+,27+,28+,33-,40-,41+,44+,49-/m0/s1. The molecule has 1 fully saturated rings. The first-order valence-electron chi connectivity index (χ1n) is 22.1. The molecule has 4 bridgehead atoms. The third kappa shape index (κ3) is 8.48. The molecule has 344 valence electrons. The number of amides is 1. The highest BCUT2D eigenvalue weighted by Crippen LogP contribution is 2.60. The van der Waals surface area contributed by atoms with Crippen molar-refractivity contribution in [1.29, 1.82) is 0 Å². The van der Waals surface area contributed by atoms with E-state index in [1.54, 1.807) is 65.8 Å². The Kier molecular flexibility index (Phi) is 13.3. The normalized spacial score (nSPS) is 30.6. The predicted molar refractivity (Wildman–Crippen MR) is 243 cm³/mol. The van der Waals surface area contributed by atoms with Crippen molar-refractivity contribution in [2.24, 2.45) is 23.7 Å². The van der Waals surface area contributed by atoms with Gasteiger partial charge < -0.3 is 59.6 Å². The smallest absolute Gasteiger partial charge is 0.312 e. The fraction of sp³-hybridized carbons (Fsp3) is 0.490. The lowest BCUT2D eigenvalue weighted by molar-refractivity contribution is -0.160. The highest BCUT2D eigenvalue weighted by molar-refractivity contribution is 6.25. The summed E-state index contributed by atoms with van der Waals surface area (Å²) in [6.07, 6.45) is 8.29. The first-order chi connectivity index (χ1) is 30.4. The molecular weight excluding hydrogens is 823 g/mol. The van der Waals surface area contributed by atoms with Crippen LogP contribution in [0.5, 0.6) is 28.7 Å². The van der Waals surface area contributed by atoms with Crippen LogP contribution in [0.25, 0.3) is 10.8 Å². The highest BCUT2D eigenvalue weighted by Gasteiger charge is 2.50. The molecule has 0 unspecified atom stereocenters. The zero-order valence-corrected chi connectivity index (χ0v) is 38.0. The van der Waals surface area contributed by atoms with Gasteiger partial charge in [0, 0.05) is 86.0 Å². The third-order valence-electron chi connectivity index (χ3n) is 13.4. The number of aliphatic hydroxyl groups is 2. The van der Waals surface area contributed by atoms with Gasteiger partial charge in [0.1, 0.15) is 23.3 Å². The second-order valence-corrected chi connectivity index (χ2v) is 17.9. The predicted octanol–water partition coefficient (Wildman–Crippen LogP) is 8.28. The minimum atomic E-state index is -1.99. The minimum absolute atomic E-state index is 0.00172. The lowest BCUT2D eigenvalue weighted by atomic mass is 9.78. The van der Waals surface area contributed by atoms with Crippen molar-refractivity contribution in [2.75, 3.05) is 35.7 Å². The lowest BCUT2D eigenvalue weighted by Crippen LogP contribution is -2.46. The van der Waals surface area contributed by atoms with Gasteiger partial charge in [-0.05, 0) is 44.9 Å². The van der Waals surface area contributed by atoms with Gasteiger partial charge in [-0.1, -0.05) is 58.8 Å². The molecule has 1 amide bonds. The summed E-state index contributed by atoms with van der Waals surface area (Å²) < 4.78 is 30.7. The second kappa shape index (κ2) is 18.4. The maximum Gasteiger partial charge on any atom is 0.312 e. The van der Waals surface area contributed by atoms with Crippen LogP contribution in [0.3, 0.4) is 0 Å². The van der Waals surface area contributed by atoms with E-state index >= 15 is 0 Å². The molecule has 0 aliphatic carbocycles. The molecule has 9 atom stereocenters. The van der Waals surface area contributed by atoms with Crippen molar-refractivity contribution in [2.45, 2.75) is 111 Å². The minimum Gasteiger partial charge on any atom is -0.507 e. The number of fused-ring (bicyclic) bond motifs is 2. The van der Waals surface area contributed by atoms with Crippen LogP contribution in [-0.4, -0.2) is 88.5 Å². The van der Waals surface area contributed by atoms with Crippen LogP contribution in [0.2, 0.25) is 0 Å². The van der Waals surface area contributed by atoms with Gasteiger partial charge in [-0.15, -0.1) is 0 Å². The summed E-state index contributed by atoms with van der Waals surface area (Å²) in [5.74, 6) is -6.73. The van der Waals surface area contributed by atoms with Gasteiger partial charge in [-0.25, -0.2) is 0 Å². The Morgan fingerprint density at radius 3 is 2.25 bits per heavy atom. The SMILES string of the molecule is CO[C@H]1/C=C/O[C@@]2(C)Oc3c(C)c(O)c4c(O)c(c5c(c4c3C2=O)Nc2ccc(N3CCCCCC3)cc2O5)NC(=O)/C(C)=C\C=C\[C@H](C)[C@H](O)[C@@H](C)[C@@H](O)[C@@H](C)[C@H](OC(C)=O)[C@@H]1C. The van der Waals surface area contributed by atoms with Crippen LogP contribution in [-0.2, 0) is 23.8 Å². The number of hydrogen-bond donors (Lipinski definition) is 6. The average molecular weight is 884 g/mol. The van der Waals surface area contributed by atoms with Gasteiger partial charge in [0.05, 0.1) is 46.9 Å². The molecule has 1 saturated heterocycles. The zero-order valence-electron chi connectivity index (χ0n) is 38.0. The number of phenolic OH excluding ortho intramolecular Hbond substituents is 2. The maximum absolute atomic E-state index is 14.8. The summed E-state index contributed by atoms with van der Waals surface area (Å²) in [6, 6.07) is 5.77. The molecule has 3 aromatic rings. The molecule has 4 aliphatic heterocycles. The number of aromatic hydroxyl groups is 2. The fourth-order valence-corrected chi connectivity index (χ4v) is 9.41. The molecule has 0 saturated carbocycles. The molecule has 15 nitrogen and oxygen atoms in total. The van der Waals surface area contributed by atoms with E-state index < -0.39 is 83.0 Å². The molecule has 3 aromatic carbocycles. The first-order valence-corrected chi connectivity index (χ1v) is 22.1. The summed E-state index contributed by atoms with van der Waals surface area (Å²) in [5.41, 5.74) is 1.90. The number of allylic oxidation sites excluding steroid dienone is 2. The molecule has 4 aliphatic rings. The number of rotatable bonds is 3. The van der Waals surface area contributed by atoms with E-state index in [4.69, 9.17) is 23.7 Å². The van der Waals surface area contributed by atoms with Crippen LogP contribution in [0.15, 0.2) is 54.3 Å². The van der Waals surface area contributed by atoms with Crippen molar-refractivity contribution < 1.29 is 58.5 Å². The number of phenols is 2. The summed E-state index contributed by atoms with van der Waals surface area (Å²) in [7, 11) is 1.46. The van der Waals surface area contributed by atoms with Gasteiger partial charge in [0.2, 0.25) is 0 Å². The molecule has 0 aromatic heterocycles. The number of nitrogens with zero attached hydrogens (tertiary/aromatic N) is 1. The zero-order chi connectivity index (χ0) is 46.4. The molecule has 4 heterocycles. The second-order valence-electron chi connectivity index (χ2n) is 17.9. The van der Waals surface area contributed by atoms with Crippen molar-refractivity contribution >= 4 is 51.2 Å². The molecule has 6 N–H and O–H groups in total. The molecule has 0 spiro atoms. The average Bonchev–Trinajstić information content (AvgIpc) is 3.41. The number of ketones is 1. The van der Waals surface area contributed by atoms with Gasteiger partial charge in [0.15, 0.2) is 17.2 Å². The first kappa shape index (κ1) is 46.2. The van der Waals surface area contributed by atoms with Crippen LogP contribution in [0.4, 0.5) is 22.7 Å². The van der Waals surface area contributed by atoms with Crippen molar-refractivity contribution in [1.82, 2.24) is 0 Å². The number of ether oxygens (including phenoxy) is 5. The van der Waals surface area contributed by atoms with E-state index in [2.05, 4.69) is 15.5 Å². The number of benzene rings is 3. The Labute approximate surface area is 373 Å². The lowest BCUT2D eigenvalue weighted by Gasteiger charge is -2.38. The quantitative estimate of drug-likeness (QED) is 0.0651.